The Hall–Kier alpha value is -2.25. The van der Waals surface area contributed by atoms with Gasteiger partial charge in [-0.1, -0.05) is 23.9 Å². The van der Waals surface area contributed by atoms with E-state index in [-0.39, 0.29) is 5.56 Å². The van der Waals surface area contributed by atoms with Crippen LogP contribution in [0.25, 0.3) is 0 Å². The Balaban J connectivity index is 2.32. The van der Waals surface area contributed by atoms with Crippen LogP contribution in [-0.2, 0) is 0 Å². The average molecular weight is 269 g/mol. The number of carboxylic acids is 1. The Morgan fingerprint density at radius 3 is 2.47 bits per heavy atom. The normalized spacial score (nSPS) is 9.89. The van der Waals surface area contributed by atoms with E-state index in [0.717, 1.165) is 15.4 Å². The fraction of sp³-hybridized carbons (Fsp3) is 0.0667. The summed E-state index contributed by atoms with van der Waals surface area (Å²) in [6, 6.07) is 14.4. The zero-order valence-corrected chi connectivity index (χ0v) is 11.1. The van der Waals surface area contributed by atoms with Gasteiger partial charge in [0.25, 0.3) is 0 Å². The third kappa shape index (κ3) is 2.95. The van der Waals surface area contributed by atoms with Crippen molar-refractivity contribution < 1.29 is 9.90 Å². The van der Waals surface area contributed by atoms with Gasteiger partial charge in [-0.25, -0.2) is 4.79 Å². The van der Waals surface area contributed by atoms with E-state index in [1.54, 1.807) is 30.3 Å². The maximum atomic E-state index is 10.8. The zero-order chi connectivity index (χ0) is 13.8. The predicted molar refractivity (Wildman–Crippen MR) is 73.4 cm³/mol. The van der Waals surface area contributed by atoms with E-state index in [0.29, 0.717) is 5.56 Å². The largest absolute Gasteiger partial charge is 0.478 e. The van der Waals surface area contributed by atoms with Crippen molar-refractivity contribution in [1.29, 1.82) is 5.26 Å². The highest BCUT2D eigenvalue weighted by atomic mass is 32.2. The van der Waals surface area contributed by atoms with Crippen molar-refractivity contribution in [2.75, 3.05) is 0 Å². The third-order valence-corrected chi connectivity index (χ3v) is 3.91. The van der Waals surface area contributed by atoms with E-state index < -0.39 is 5.97 Å². The number of hydrogen-bond acceptors (Lipinski definition) is 3. The molecule has 0 aliphatic rings. The average Bonchev–Trinajstić information content (AvgIpc) is 2.41. The molecule has 0 spiro atoms. The van der Waals surface area contributed by atoms with E-state index in [9.17, 15) is 4.79 Å². The molecule has 0 bridgehead atoms. The number of nitrogens with zero attached hydrogens (tertiary/aromatic N) is 1. The van der Waals surface area contributed by atoms with E-state index in [2.05, 4.69) is 6.07 Å². The summed E-state index contributed by atoms with van der Waals surface area (Å²) < 4.78 is 0. The number of rotatable bonds is 3. The summed E-state index contributed by atoms with van der Waals surface area (Å²) in [5.41, 5.74) is 1.92. The van der Waals surface area contributed by atoms with Crippen LogP contribution in [0.15, 0.2) is 52.3 Å². The first kappa shape index (κ1) is 13.2. The summed E-state index contributed by atoms with van der Waals surface area (Å²) in [7, 11) is 0. The molecule has 0 aliphatic carbocycles. The standard InChI is InChI=1S/C15H11NO2S/c1-10-3-2-4-12(9-16)14(10)19-13-7-5-11(6-8-13)15(17)18/h2-8H,1H3,(H,17,18). The summed E-state index contributed by atoms with van der Waals surface area (Å²) in [5, 5.41) is 17.9. The first-order chi connectivity index (χ1) is 9.11. The molecule has 0 aliphatic heterocycles. The highest BCUT2D eigenvalue weighted by Gasteiger charge is 2.08. The van der Waals surface area contributed by atoms with E-state index in [4.69, 9.17) is 10.4 Å². The first-order valence-corrected chi connectivity index (χ1v) is 6.44. The van der Waals surface area contributed by atoms with Gasteiger partial charge in [-0.05, 0) is 42.8 Å². The molecule has 0 radical (unpaired) electrons. The van der Waals surface area contributed by atoms with Gasteiger partial charge in [0.05, 0.1) is 11.1 Å². The number of benzene rings is 2. The Bertz CT molecular complexity index is 657. The highest BCUT2D eigenvalue weighted by molar-refractivity contribution is 7.99. The summed E-state index contributed by atoms with van der Waals surface area (Å²) in [5.74, 6) is -0.940. The van der Waals surface area contributed by atoms with Crippen molar-refractivity contribution in [2.45, 2.75) is 16.7 Å². The molecular weight excluding hydrogens is 258 g/mol. The summed E-state index contributed by atoms with van der Waals surface area (Å²) in [6.45, 7) is 1.95. The van der Waals surface area contributed by atoms with Gasteiger partial charge in [0.1, 0.15) is 6.07 Å². The minimum atomic E-state index is -0.940. The number of hydrogen-bond donors (Lipinski definition) is 1. The fourth-order valence-corrected chi connectivity index (χ4v) is 2.62. The number of aromatic carboxylic acids is 1. The van der Waals surface area contributed by atoms with Crippen molar-refractivity contribution in [1.82, 2.24) is 0 Å². The molecule has 94 valence electrons. The lowest BCUT2D eigenvalue weighted by Crippen LogP contribution is -1.94. The van der Waals surface area contributed by atoms with Gasteiger partial charge in [-0.3, -0.25) is 0 Å². The molecule has 0 aromatic heterocycles. The Labute approximate surface area is 115 Å². The van der Waals surface area contributed by atoms with Crippen molar-refractivity contribution in [3.63, 3.8) is 0 Å². The second kappa shape index (κ2) is 5.59. The molecule has 0 fully saturated rings. The quantitative estimate of drug-likeness (QED) is 0.922. The van der Waals surface area contributed by atoms with Gasteiger partial charge in [-0.2, -0.15) is 5.26 Å². The lowest BCUT2D eigenvalue weighted by Gasteiger charge is -2.07. The maximum Gasteiger partial charge on any atom is 0.335 e. The molecule has 0 amide bonds. The molecule has 0 saturated heterocycles. The van der Waals surface area contributed by atoms with E-state index in [1.807, 2.05) is 19.1 Å². The van der Waals surface area contributed by atoms with Crippen molar-refractivity contribution in [3.05, 3.63) is 59.2 Å². The van der Waals surface area contributed by atoms with Crippen LogP contribution in [0.2, 0.25) is 0 Å². The number of carbonyl (C=O) groups is 1. The number of aryl methyl sites for hydroxylation is 1. The molecule has 2 aromatic rings. The lowest BCUT2D eigenvalue weighted by molar-refractivity contribution is 0.0697. The van der Waals surface area contributed by atoms with Crippen LogP contribution in [0, 0.1) is 18.3 Å². The van der Waals surface area contributed by atoms with Gasteiger partial charge < -0.3 is 5.11 Å². The first-order valence-electron chi connectivity index (χ1n) is 5.62. The number of nitriles is 1. The van der Waals surface area contributed by atoms with Crippen LogP contribution >= 0.6 is 11.8 Å². The van der Waals surface area contributed by atoms with Gasteiger partial charge in [-0.15, -0.1) is 0 Å². The molecule has 0 unspecified atom stereocenters. The second-order valence-electron chi connectivity index (χ2n) is 3.99. The minimum absolute atomic E-state index is 0.259. The molecule has 2 rings (SSSR count). The Kier molecular flexibility index (Phi) is 3.88. The predicted octanol–water partition coefficient (Wildman–Crippen LogP) is 3.72. The molecule has 19 heavy (non-hydrogen) atoms. The topological polar surface area (TPSA) is 61.1 Å². The minimum Gasteiger partial charge on any atom is -0.478 e. The fourth-order valence-electron chi connectivity index (χ4n) is 1.66. The molecule has 4 heteroatoms. The van der Waals surface area contributed by atoms with Gasteiger partial charge in [0, 0.05) is 9.79 Å². The molecular formula is C15H11NO2S. The van der Waals surface area contributed by atoms with Crippen LogP contribution in [0.4, 0.5) is 0 Å². The summed E-state index contributed by atoms with van der Waals surface area (Å²) >= 11 is 1.47. The zero-order valence-electron chi connectivity index (χ0n) is 10.3. The molecule has 0 saturated carbocycles. The van der Waals surface area contributed by atoms with E-state index in [1.165, 1.54) is 11.8 Å². The monoisotopic (exact) mass is 269 g/mol. The molecule has 0 atom stereocenters. The van der Waals surface area contributed by atoms with E-state index >= 15 is 0 Å². The molecule has 3 nitrogen and oxygen atoms in total. The maximum absolute atomic E-state index is 10.8. The van der Waals surface area contributed by atoms with Gasteiger partial charge in [0.15, 0.2) is 0 Å². The van der Waals surface area contributed by atoms with Crippen LogP contribution < -0.4 is 0 Å². The van der Waals surface area contributed by atoms with Crippen molar-refractivity contribution >= 4 is 17.7 Å². The Morgan fingerprint density at radius 2 is 1.89 bits per heavy atom. The highest BCUT2D eigenvalue weighted by Crippen LogP contribution is 2.32. The molecule has 0 heterocycles. The van der Waals surface area contributed by atoms with Gasteiger partial charge in [0.2, 0.25) is 0 Å². The lowest BCUT2D eigenvalue weighted by atomic mass is 10.1. The summed E-state index contributed by atoms with van der Waals surface area (Å²) in [6.07, 6.45) is 0. The SMILES string of the molecule is Cc1cccc(C#N)c1Sc1ccc(C(=O)O)cc1. The van der Waals surface area contributed by atoms with Crippen molar-refractivity contribution in [3.8, 4) is 6.07 Å². The Morgan fingerprint density at radius 1 is 1.21 bits per heavy atom. The molecule has 1 N–H and O–H groups in total. The third-order valence-electron chi connectivity index (χ3n) is 2.65. The van der Waals surface area contributed by atoms with Crippen LogP contribution in [-0.4, -0.2) is 11.1 Å². The second-order valence-corrected chi connectivity index (χ2v) is 5.08. The molecule has 2 aromatic carbocycles. The van der Waals surface area contributed by atoms with Crippen LogP contribution in [0.5, 0.6) is 0 Å². The van der Waals surface area contributed by atoms with Crippen LogP contribution in [0.3, 0.4) is 0 Å². The van der Waals surface area contributed by atoms with Crippen molar-refractivity contribution in [2.24, 2.45) is 0 Å². The number of carboxylic acid groups (broad SMARTS) is 1. The summed E-state index contributed by atoms with van der Waals surface area (Å²) in [4.78, 5) is 12.6. The smallest absolute Gasteiger partial charge is 0.335 e. The van der Waals surface area contributed by atoms with Crippen LogP contribution in [0.1, 0.15) is 21.5 Å². The van der Waals surface area contributed by atoms with Gasteiger partial charge >= 0.3 is 5.97 Å².